The predicted octanol–water partition coefficient (Wildman–Crippen LogP) is 17.0. The molecule has 0 rings (SSSR count). The molecule has 0 aromatic carbocycles. The van der Waals surface area contributed by atoms with Crippen LogP contribution in [0.1, 0.15) is 226 Å². The van der Waals surface area contributed by atoms with Gasteiger partial charge in [-0.25, -0.2) is 4.57 Å². The van der Waals surface area contributed by atoms with E-state index in [2.05, 4.69) is 106 Å². The molecule has 0 aliphatic carbocycles. The van der Waals surface area contributed by atoms with E-state index in [1.54, 1.807) is 6.08 Å². The van der Waals surface area contributed by atoms with Crippen molar-refractivity contribution in [3.63, 3.8) is 0 Å². The Morgan fingerprint density at radius 1 is 0.405 bits per heavy atom. The Morgan fingerprint density at radius 2 is 0.757 bits per heavy atom. The van der Waals surface area contributed by atoms with Gasteiger partial charge in [-0.15, -0.1) is 0 Å². The first-order valence-electron chi connectivity index (χ1n) is 28.8. The van der Waals surface area contributed by atoms with Crippen molar-refractivity contribution in [2.24, 2.45) is 0 Å². The maximum Gasteiger partial charge on any atom is 0.472 e. The molecule has 3 unspecified atom stereocenters. The molecule has 2 N–H and O–H groups in total. The van der Waals surface area contributed by atoms with Gasteiger partial charge in [0.2, 0.25) is 0 Å². The second-order valence-corrected chi connectivity index (χ2v) is 20.2. The Balaban J connectivity index is 4.84. The number of ether oxygens (including phenoxy) is 3. The molecule has 422 valence electrons. The second kappa shape index (κ2) is 55.4. The standard InChI is InChI=1S/C62H103O11P/c1-4-7-10-13-16-19-22-25-27-28-29-30-32-35-38-41-44-47-50-53-62(66)73-59(55-69-60(64)51-48-45-42-39-36-33-24-21-18-15-12-9-6-3)57-71-74(67,68)70-56-58(54-63)72-61(65)52-49-46-43-40-37-34-31-26-23-20-17-14-11-8-5-2/h8,11,16-17,19-21,24-27,29-31,37,40,46,49,58-59,63H,4-7,9-10,12-15,18,22-23,28,32-36,38-39,41-45,47-48,50-57H2,1-3H3,(H,67,68)/b11-8-,19-16-,20-17-,24-21-,27-25-,30-29-,31-26-,40-37-,49-46-. The Kier molecular flexibility index (Phi) is 52.5. The molecule has 11 nitrogen and oxygen atoms in total. The van der Waals surface area contributed by atoms with Gasteiger partial charge in [0.25, 0.3) is 0 Å². The van der Waals surface area contributed by atoms with Gasteiger partial charge in [-0.3, -0.25) is 23.4 Å². The Hall–Kier alpha value is -3.86. The SMILES string of the molecule is CC/C=C\C/C=C\C/C=C\C/C=C\C/C=C\CC(=O)OC(CO)COP(=O)(O)OCC(COC(=O)CCCCCCC/C=C\CCCCCC)OC(=O)CCCCCCCC/C=C\C/C=C\C/C=C\CCCCC. The fourth-order valence-electron chi connectivity index (χ4n) is 7.31. The first kappa shape index (κ1) is 70.1. The number of rotatable bonds is 52. The summed E-state index contributed by atoms with van der Waals surface area (Å²) in [6, 6.07) is 0. The predicted molar refractivity (Wildman–Crippen MR) is 307 cm³/mol. The van der Waals surface area contributed by atoms with Gasteiger partial charge in [0.05, 0.1) is 26.2 Å². The van der Waals surface area contributed by atoms with E-state index in [9.17, 15) is 28.9 Å². The lowest BCUT2D eigenvalue weighted by Crippen LogP contribution is -2.30. The molecule has 12 heteroatoms. The number of carbonyl (C=O) groups is 3. The molecule has 0 fully saturated rings. The van der Waals surface area contributed by atoms with Crippen molar-refractivity contribution in [1.29, 1.82) is 0 Å². The highest BCUT2D eigenvalue weighted by Gasteiger charge is 2.28. The summed E-state index contributed by atoms with van der Waals surface area (Å²) in [6.07, 6.45) is 66.4. The van der Waals surface area contributed by atoms with E-state index in [0.29, 0.717) is 19.3 Å². The van der Waals surface area contributed by atoms with Crippen LogP contribution >= 0.6 is 7.82 Å². The molecule has 0 spiro atoms. The number of carbonyl (C=O) groups excluding carboxylic acids is 3. The van der Waals surface area contributed by atoms with E-state index in [1.165, 1.54) is 51.4 Å². The number of aliphatic hydroxyl groups excluding tert-OH is 1. The summed E-state index contributed by atoms with van der Waals surface area (Å²) in [5, 5.41) is 9.79. The zero-order valence-electron chi connectivity index (χ0n) is 46.5. The van der Waals surface area contributed by atoms with Crippen LogP contribution in [0.4, 0.5) is 0 Å². The number of phosphoric acid groups is 1. The van der Waals surface area contributed by atoms with Crippen LogP contribution in [0.5, 0.6) is 0 Å². The number of hydrogen-bond donors (Lipinski definition) is 2. The highest BCUT2D eigenvalue weighted by molar-refractivity contribution is 7.47. The van der Waals surface area contributed by atoms with E-state index < -0.39 is 57.8 Å². The topological polar surface area (TPSA) is 155 Å². The van der Waals surface area contributed by atoms with Gasteiger partial charge in [-0.05, 0) is 109 Å². The molecule has 0 radical (unpaired) electrons. The summed E-state index contributed by atoms with van der Waals surface area (Å²) in [6.45, 7) is 4.34. The molecule has 74 heavy (non-hydrogen) atoms. The van der Waals surface area contributed by atoms with Crippen molar-refractivity contribution in [3.8, 4) is 0 Å². The third-order valence-corrected chi connectivity index (χ3v) is 12.6. The van der Waals surface area contributed by atoms with Crippen LogP contribution in [0, 0.1) is 0 Å². The van der Waals surface area contributed by atoms with Crippen LogP contribution in [-0.4, -0.2) is 66.5 Å². The molecule has 0 saturated carbocycles. The number of unbranched alkanes of at least 4 members (excludes halogenated alkanes) is 18. The number of aliphatic hydroxyl groups is 1. The monoisotopic (exact) mass is 1050 g/mol. The van der Waals surface area contributed by atoms with Crippen LogP contribution in [0.3, 0.4) is 0 Å². The number of esters is 3. The van der Waals surface area contributed by atoms with Crippen molar-refractivity contribution in [3.05, 3.63) is 109 Å². The minimum absolute atomic E-state index is 0.0609. The van der Waals surface area contributed by atoms with Gasteiger partial charge in [0, 0.05) is 12.8 Å². The lowest BCUT2D eigenvalue weighted by atomic mass is 10.1. The van der Waals surface area contributed by atoms with Crippen LogP contribution in [-0.2, 0) is 42.2 Å². The van der Waals surface area contributed by atoms with Crippen molar-refractivity contribution >= 4 is 25.7 Å². The van der Waals surface area contributed by atoms with Gasteiger partial charge >= 0.3 is 25.7 Å². The first-order chi connectivity index (χ1) is 36.2. The summed E-state index contributed by atoms with van der Waals surface area (Å²) >= 11 is 0. The average molecular weight is 1060 g/mol. The third kappa shape index (κ3) is 53.0. The molecule has 0 amide bonds. The fraction of sp³-hybridized carbons (Fsp3) is 0.661. The zero-order valence-corrected chi connectivity index (χ0v) is 47.4. The molecule has 0 aromatic rings. The van der Waals surface area contributed by atoms with E-state index in [1.807, 2.05) is 18.2 Å². The maximum atomic E-state index is 12.9. The van der Waals surface area contributed by atoms with Gasteiger partial charge < -0.3 is 24.2 Å². The Bertz CT molecular complexity index is 1660. The molecular formula is C62H103O11P. The summed E-state index contributed by atoms with van der Waals surface area (Å²) in [5.41, 5.74) is 0. The fourth-order valence-corrected chi connectivity index (χ4v) is 8.10. The van der Waals surface area contributed by atoms with Crippen LogP contribution in [0.2, 0.25) is 0 Å². The van der Waals surface area contributed by atoms with Crippen molar-refractivity contribution in [1.82, 2.24) is 0 Å². The van der Waals surface area contributed by atoms with E-state index in [0.717, 1.165) is 116 Å². The average Bonchev–Trinajstić information content (AvgIpc) is 3.39. The lowest BCUT2D eigenvalue weighted by molar-refractivity contribution is -0.161. The summed E-state index contributed by atoms with van der Waals surface area (Å²) in [7, 11) is -4.78. The molecule has 3 atom stereocenters. The normalized spacial score (nSPS) is 14.2. The van der Waals surface area contributed by atoms with Crippen LogP contribution in [0.25, 0.3) is 0 Å². The van der Waals surface area contributed by atoms with Gasteiger partial charge in [0.15, 0.2) is 6.10 Å². The number of phosphoric ester groups is 1. The largest absolute Gasteiger partial charge is 0.472 e. The molecule has 0 saturated heterocycles. The summed E-state index contributed by atoms with van der Waals surface area (Å²) in [5.74, 6) is -1.63. The zero-order chi connectivity index (χ0) is 54.1. The number of hydrogen-bond acceptors (Lipinski definition) is 10. The molecule has 0 bridgehead atoms. The summed E-state index contributed by atoms with van der Waals surface area (Å²) in [4.78, 5) is 48.5. The van der Waals surface area contributed by atoms with Crippen LogP contribution < -0.4 is 0 Å². The smallest absolute Gasteiger partial charge is 0.462 e. The Morgan fingerprint density at radius 3 is 1.23 bits per heavy atom. The van der Waals surface area contributed by atoms with Gasteiger partial charge in [-0.1, -0.05) is 207 Å². The number of allylic oxidation sites excluding steroid dienone is 17. The Labute approximate surface area is 450 Å². The van der Waals surface area contributed by atoms with Crippen molar-refractivity contribution in [2.45, 2.75) is 238 Å². The minimum atomic E-state index is -4.78. The van der Waals surface area contributed by atoms with E-state index in [4.69, 9.17) is 23.3 Å². The highest BCUT2D eigenvalue weighted by atomic mass is 31.2. The molecule has 0 aliphatic heterocycles. The van der Waals surface area contributed by atoms with Crippen LogP contribution in [0.15, 0.2) is 109 Å². The minimum Gasteiger partial charge on any atom is -0.462 e. The molecular weight excluding hydrogens is 952 g/mol. The molecule has 0 aliphatic rings. The first-order valence-corrected chi connectivity index (χ1v) is 30.3. The lowest BCUT2D eigenvalue weighted by Gasteiger charge is -2.21. The van der Waals surface area contributed by atoms with Gasteiger partial charge in [-0.2, -0.15) is 0 Å². The molecule has 0 heterocycles. The van der Waals surface area contributed by atoms with Crippen molar-refractivity contribution < 1.29 is 52.2 Å². The quantitative estimate of drug-likeness (QED) is 0.0197. The third-order valence-electron chi connectivity index (χ3n) is 11.7. The van der Waals surface area contributed by atoms with Gasteiger partial charge in [0.1, 0.15) is 12.7 Å². The summed E-state index contributed by atoms with van der Waals surface area (Å²) < 4.78 is 39.4. The molecule has 0 aromatic heterocycles. The second-order valence-electron chi connectivity index (χ2n) is 18.7. The van der Waals surface area contributed by atoms with Crippen molar-refractivity contribution in [2.75, 3.05) is 26.4 Å². The van der Waals surface area contributed by atoms with E-state index >= 15 is 0 Å². The highest BCUT2D eigenvalue weighted by Crippen LogP contribution is 2.43. The maximum absolute atomic E-state index is 12.9. The van der Waals surface area contributed by atoms with E-state index in [-0.39, 0.29) is 25.9 Å².